The van der Waals surface area contributed by atoms with Crippen LogP contribution in [0.4, 0.5) is 13.2 Å². The van der Waals surface area contributed by atoms with E-state index in [0.29, 0.717) is 16.0 Å². The van der Waals surface area contributed by atoms with Crippen LogP contribution in [0.1, 0.15) is 28.4 Å². The number of benzene rings is 3. The number of alkyl halides is 3. The smallest absolute Gasteiger partial charge is 0.471 e. The van der Waals surface area contributed by atoms with Crippen molar-refractivity contribution >= 4 is 21.7 Å². The molecule has 1 amide bonds. The molecule has 0 aliphatic heterocycles. The third kappa shape index (κ3) is 6.88. The van der Waals surface area contributed by atoms with Crippen LogP contribution in [-0.4, -0.2) is 49.6 Å². The number of phenolic OH excluding ortho intramolecular Hbond substituents is 1. The maximum absolute atomic E-state index is 13.1. The Balaban J connectivity index is 1.78. The molecule has 0 saturated carbocycles. The zero-order chi connectivity index (χ0) is 27.2. The molecule has 0 bridgehead atoms. The number of hydrogen-bond acceptors (Lipinski definition) is 6. The van der Waals surface area contributed by atoms with Gasteiger partial charge in [0, 0.05) is 13.1 Å². The number of nitrogens with zero attached hydrogens (tertiary/aromatic N) is 1. The number of phenols is 1. The lowest BCUT2D eigenvalue weighted by Gasteiger charge is -2.24. The summed E-state index contributed by atoms with van der Waals surface area (Å²) in [5.41, 5.74) is 0.759. The topological polar surface area (TPSA) is 101 Å². The van der Waals surface area contributed by atoms with E-state index in [4.69, 9.17) is 4.74 Å². The molecule has 0 aliphatic rings. The Morgan fingerprint density at radius 2 is 1.54 bits per heavy atom. The molecule has 0 heterocycles. The molecule has 0 fully saturated rings. The first kappa shape index (κ1) is 27.7. The van der Waals surface area contributed by atoms with Gasteiger partial charge >= 0.3 is 18.1 Å². The number of hydrogen-bond donors (Lipinski definition) is 1. The van der Waals surface area contributed by atoms with Crippen molar-refractivity contribution in [2.45, 2.75) is 35.9 Å². The molecule has 0 aromatic heterocycles. The predicted octanol–water partition coefficient (Wildman–Crippen LogP) is 4.54. The van der Waals surface area contributed by atoms with Crippen molar-refractivity contribution in [1.82, 2.24) is 4.90 Å². The quantitative estimate of drug-likeness (QED) is 0.404. The van der Waals surface area contributed by atoms with E-state index in [-0.39, 0.29) is 41.5 Å². The molecule has 3 rings (SSSR count). The first-order valence-electron chi connectivity index (χ1n) is 11.2. The molecule has 0 aliphatic carbocycles. The van der Waals surface area contributed by atoms with Gasteiger partial charge in [-0.15, -0.1) is 0 Å². The average Bonchev–Trinajstić information content (AvgIpc) is 2.86. The minimum Gasteiger partial charge on any atom is -0.507 e. The fourth-order valence-corrected chi connectivity index (χ4v) is 4.81. The first-order chi connectivity index (χ1) is 17.4. The number of aromatic hydroxyl groups is 1. The van der Waals surface area contributed by atoms with E-state index < -0.39 is 33.6 Å². The summed E-state index contributed by atoms with van der Waals surface area (Å²) in [5, 5.41) is 9.90. The summed E-state index contributed by atoms with van der Waals surface area (Å²) in [4.78, 5) is 24.3. The second-order valence-corrected chi connectivity index (χ2v) is 9.96. The molecule has 0 spiro atoms. The Hall–Kier alpha value is -3.86. The number of ether oxygens (including phenoxy) is 1. The number of carbonyl (C=O) groups is 2. The van der Waals surface area contributed by atoms with Crippen LogP contribution >= 0.6 is 0 Å². The lowest BCUT2D eigenvalue weighted by molar-refractivity contribution is -0.186. The number of esters is 1. The molecule has 3 aromatic rings. The monoisotopic (exact) mass is 535 g/mol. The lowest BCUT2D eigenvalue weighted by Crippen LogP contribution is -2.41. The van der Waals surface area contributed by atoms with E-state index in [9.17, 15) is 36.3 Å². The fourth-order valence-electron chi connectivity index (χ4n) is 3.53. The van der Waals surface area contributed by atoms with Crippen LogP contribution in [0.25, 0.3) is 0 Å². The van der Waals surface area contributed by atoms with Gasteiger partial charge in [0.25, 0.3) is 0 Å². The summed E-state index contributed by atoms with van der Waals surface area (Å²) in [6.07, 6.45) is -4.97. The summed E-state index contributed by atoms with van der Waals surface area (Å²) >= 11 is 0. The number of carbonyl (C=O) groups excluding carboxylic acids is 2. The van der Waals surface area contributed by atoms with E-state index >= 15 is 0 Å². The highest BCUT2D eigenvalue weighted by Gasteiger charge is 2.42. The minimum absolute atomic E-state index is 0.0358. The molecular weight excluding hydrogens is 511 g/mol. The molecule has 0 atom stereocenters. The average molecular weight is 536 g/mol. The zero-order valence-corrected chi connectivity index (χ0v) is 20.6. The Labute approximate surface area is 212 Å². The standard InChI is InChI=1S/C26H24F3NO6S/c1-2-36-24(32)22-16-21(12-13-23(22)31)37(34,35)20-10-8-18(9-11-20)14-15-30(25(33)26(27,28)29)17-19-6-4-3-5-7-19/h3-13,16,31H,2,14-15,17H2,1H3. The van der Waals surface area contributed by atoms with Crippen molar-refractivity contribution in [2.75, 3.05) is 13.2 Å². The highest BCUT2D eigenvalue weighted by Crippen LogP contribution is 2.27. The zero-order valence-electron chi connectivity index (χ0n) is 19.7. The van der Waals surface area contributed by atoms with Crippen molar-refractivity contribution in [3.63, 3.8) is 0 Å². The molecule has 0 saturated heterocycles. The second-order valence-electron chi connectivity index (χ2n) is 8.01. The van der Waals surface area contributed by atoms with Crippen LogP contribution in [0.3, 0.4) is 0 Å². The Morgan fingerprint density at radius 1 is 0.919 bits per heavy atom. The molecule has 7 nitrogen and oxygen atoms in total. The SMILES string of the molecule is CCOC(=O)c1cc(S(=O)(=O)c2ccc(CCN(Cc3ccccc3)C(=O)C(F)(F)F)cc2)ccc1O. The lowest BCUT2D eigenvalue weighted by atomic mass is 10.1. The molecule has 196 valence electrons. The van der Waals surface area contributed by atoms with Crippen LogP contribution in [-0.2, 0) is 32.3 Å². The fraction of sp³-hybridized carbons (Fsp3) is 0.231. The highest BCUT2D eigenvalue weighted by molar-refractivity contribution is 7.91. The van der Waals surface area contributed by atoms with E-state index in [1.54, 1.807) is 37.3 Å². The predicted molar refractivity (Wildman–Crippen MR) is 128 cm³/mol. The largest absolute Gasteiger partial charge is 0.507 e. The van der Waals surface area contributed by atoms with Crippen LogP contribution in [0, 0.1) is 0 Å². The van der Waals surface area contributed by atoms with Crippen LogP contribution in [0.2, 0.25) is 0 Å². The Kier molecular flexibility index (Phi) is 8.59. The number of rotatable bonds is 9. The van der Waals surface area contributed by atoms with Crippen molar-refractivity contribution in [2.24, 2.45) is 0 Å². The first-order valence-corrected chi connectivity index (χ1v) is 12.7. The van der Waals surface area contributed by atoms with Gasteiger partial charge in [0.05, 0.1) is 16.4 Å². The van der Waals surface area contributed by atoms with Gasteiger partial charge in [0.2, 0.25) is 9.84 Å². The molecule has 37 heavy (non-hydrogen) atoms. The molecule has 0 radical (unpaired) electrons. The van der Waals surface area contributed by atoms with Gasteiger partial charge in [-0.3, -0.25) is 4.79 Å². The van der Waals surface area contributed by atoms with Gasteiger partial charge < -0.3 is 14.7 Å². The minimum atomic E-state index is -5.03. The number of sulfone groups is 1. The number of halogens is 3. The van der Waals surface area contributed by atoms with E-state index in [0.717, 1.165) is 18.2 Å². The number of amides is 1. The second kappa shape index (κ2) is 11.5. The van der Waals surface area contributed by atoms with Crippen molar-refractivity contribution in [3.05, 3.63) is 89.5 Å². The van der Waals surface area contributed by atoms with Crippen molar-refractivity contribution < 1.29 is 41.0 Å². The van der Waals surface area contributed by atoms with Crippen LogP contribution in [0.15, 0.2) is 82.6 Å². The summed E-state index contributed by atoms with van der Waals surface area (Å²) in [7, 11) is -4.08. The third-order valence-corrected chi connectivity index (χ3v) is 7.19. The molecular formula is C26H24F3NO6S. The van der Waals surface area contributed by atoms with Gasteiger partial charge in [-0.1, -0.05) is 42.5 Å². The normalized spacial score (nSPS) is 11.7. The summed E-state index contributed by atoms with van der Waals surface area (Å²) in [5.74, 6) is -3.26. The Morgan fingerprint density at radius 3 is 2.14 bits per heavy atom. The molecule has 0 unspecified atom stereocenters. The molecule has 1 N–H and O–H groups in total. The van der Waals surface area contributed by atoms with Crippen molar-refractivity contribution in [1.29, 1.82) is 0 Å². The van der Waals surface area contributed by atoms with Gasteiger partial charge in [-0.05, 0) is 54.8 Å². The van der Waals surface area contributed by atoms with Crippen molar-refractivity contribution in [3.8, 4) is 5.75 Å². The van der Waals surface area contributed by atoms with Gasteiger partial charge in [0.15, 0.2) is 0 Å². The van der Waals surface area contributed by atoms with Gasteiger partial charge in [-0.2, -0.15) is 13.2 Å². The third-order valence-electron chi connectivity index (χ3n) is 5.42. The molecule has 11 heteroatoms. The van der Waals surface area contributed by atoms with Crippen LogP contribution < -0.4 is 0 Å². The van der Waals surface area contributed by atoms with Gasteiger partial charge in [-0.25, -0.2) is 13.2 Å². The van der Waals surface area contributed by atoms with Crippen LogP contribution in [0.5, 0.6) is 5.75 Å². The molecule has 3 aromatic carbocycles. The summed E-state index contributed by atoms with van der Waals surface area (Å²) < 4.78 is 70.3. The summed E-state index contributed by atoms with van der Waals surface area (Å²) in [6.45, 7) is 1.14. The van der Waals surface area contributed by atoms with Gasteiger partial charge in [0.1, 0.15) is 11.3 Å². The maximum Gasteiger partial charge on any atom is 0.471 e. The Bertz CT molecular complexity index is 1360. The summed E-state index contributed by atoms with van der Waals surface area (Å²) in [6, 6.07) is 17.0. The van der Waals surface area contributed by atoms with E-state index in [1.165, 1.54) is 24.3 Å². The maximum atomic E-state index is 13.1. The van der Waals surface area contributed by atoms with E-state index in [2.05, 4.69) is 0 Å². The highest BCUT2D eigenvalue weighted by atomic mass is 32.2. The van der Waals surface area contributed by atoms with E-state index in [1.807, 2.05) is 0 Å².